The summed E-state index contributed by atoms with van der Waals surface area (Å²) in [7, 11) is 1.55. The number of ether oxygens (including phenoxy) is 2. The number of methoxy groups -OCH3 is 1. The average Bonchev–Trinajstić information content (AvgIpc) is 2.71. The largest absolute Gasteiger partial charge is 0.460 e. The first-order valence-corrected chi connectivity index (χ1v) is 10.3. The van der Waals surface area contributed by atoms with Crippen molar-refractivity contribution in [2.24, 2.45) is 0 Å². The molecule has 1 aliphatic heterocycles. The molecular weight excluding hydrogens is 402 g/mol. The zero-order chi connectivity index (χ0) is 21.7. The second-order valence-electron chi connectivity index (χ2n) is 7.41. The van der Waals surface area contributed by atoms with E-state index < -0.39 is 5.97 Å². The smallest absolute Gasteiger partial charge is 0.336 e. The van der Waals surface area contributed by atoms with Gasteiger partial charge in [0.1, 0.15) is 6.61 Å². The van der Waals surface area contributed by atoms with Crippen LogP contribution in [0.1, 0.15) is 36.0 Å². The van der Waals surface area contributed by atoms with Gasteiger partial charge in [0.05, 0.1) is 18.7 Å². The normalized spacial score (nSPS) is 16.7. The van der Waals surface area contributed by atoms with Crippen LogP contribution < -0.4 is 0 Å². The summed E-state index contributed by atoms with van der Waals surface area (Å²) in [5.74, 6) is -0.827. The van der Waals surface area contributed by atoms with Crippen LogP contribution in [0.2, 0.25) is 5.02 Å². The van der Waals surface area contributed by atoms with Gasteiger partial charge in [-0.1, -0.05) is 53.6 Å². The minimum atomic E-state index is -0.425. The Morgan fingerprint density at radius 1 is 1.13 bits per heavy atom. The van der Waals surface area contributed by atoms with E-state index >= 15 is 0 Å². The number of hydrogen-bond acceptors (Lipinski definition) is 4. The quantitative estimate of drug-likeness (QED) is 0.477. The molecule has 1 heterocycles. The zero-order valence-electron chi connectivity index (χ0n) is 17.5. The maximum atomic E-state index is 13.1. The van der Waals surface area contributed by atoms with E-state index in [1.54, 1.807) is 24.1 Å². The first kappa shape index (κ1) is 22.1. The van der Waals surface area contributed by atoms with Crippen LogP contribution in [0.4, 0.5) is 0 Å². The number of aryl methyl sites for hydroxylation is 1. The fourth-order valence-electron chi connectivity index (χ4n) is 3.74. The fraction of sp³-hybridized carbons (Fsp3) is 0.333. The zero-order valence-corrected chi connectivity index (χ0v) is 18.2. The summed E-state index contributed by atoms with van der Waals surface area (Å²) in [5, 5.41) is 0.604. The SMILES string of the molecule is COCCOC(=O)C1=C(C)N(Cc2cccc(C)c2)C(=O)CC1c1ccc(Cl)cc1. The number of carbonyl (C=O) groups is 2. The minimum absolute atomic E-state index is 0.0256. The van der Waals surface area contributed by atoms with Crippen LogP contribution in [0.3, 0.4) is 0 Å². The summed E-state index contributed by atoms with van der Waals surface area (Å²) in [6, 6.07) is 15.2. The first-order chi connectivity index (χ1) is 14.4. The van der Waals surface area contributed by atoms with E-state index in [2.05, 4.69) is 0 Å². The molecular formula is C24H26ClNO4. The van der Waals surface area contributed by atoms with Crippen molar-refractivity contribution in [3.05, 3.63) is 81.5 Å². The van der Waals surface area contributed by atoms with Crippen LogP contribution in [0.5, 0.6) is 0 Å². The van der Waals surface area contributed by atoms with Gasteiger partial charge < -0.3 is 14.4 Å². The van der Waals surface area contributed by atoms with Crippen LogP contribution in [0.25, 0.3) is 0 Å². The van der Waals surface area contributed by atoms with E-state index in [1.165, 1.54) is 0 Å². The highest BCUT2D eigenvalue weighted by Crippen LogP contribution is 2.38. The van der Waals surface area contributed by atoms with Gasteiger partial charge in [-0.25, -0.2) is 4.79 Å². The topological polar surface area (TPSA) is 55.8 Å². The number of hydrogen-bond donors (Lipinski definition) is 0. The number of esters is 1. The predicted molar refractivity (Wildman–Crippen MR) is 116 cm³/mol. The van der Waals surface area contributed by atoms with Gasteiger partial charge in [0.2, 0.25) is 5.91 Å². The third-order valence-corrected chi connectivity index (χ3v) is 5.51. The molecule has 0 aromatic heterocycles. The molecule has 5 nitrogen and oxygen atoms in total. The lowest BCUT2D eigenvalue weighted by Crippen LogP contribution is -2.38. The predicted octanol–water partition coefficient (Wildman–Crippen LogP) is 4.63. The molecule has 0 saturated heterocycles. The molecule has 158 valence electrons. The van der Waals surface area contributed by atoms with Gasteiger partial charge in [0.25, 0.3) is 0 Å². The number of allylic oxidation sites excluding steroid dienone is 1. The Balaban J connectivity index is 1.98. The van der Waals surface area contributed by atoms with E-state index in [9.17, 15) is 9.59 Å². The molecule has 1 aliphatic rings. The summed E-state index contributed by atoms with van der Waals surface area (Å²) in [6.07, 6.45) is 0.194. The number of amides is 1. The second-order valence-corrected chi connectivity index (χ2v) is 7.84. The molecule has 1 atom stereocenters. The molecule has 0 spiro atoms. The van der Waals surface area contributed by atoms with Crippen LogP contribution in [0.15, 0.2) is 59.8 Å². The Hall–Kier alpha value is -2.63. The summed E-state index contributed by atoms with van der Waals surface area (Å²) >= 11 is 6.02. The van der Waals surface area contributed by atoms with Crippen molar-refractivity contribution in [3.8, 4) is 0 Å². The molecule has 30 heavy (non-hydrogen) atoms. The van der Waals surface area contributed by atoms with Gasteiger partial charge in [-0.2, -0.15) is 0 Å². The summed E-state index contributed by atoms with van der Waals surface area (Å²) in [6.45, 7) is 4.71. The molecule has 0 aliphatic carbocycles. The minimum Gasteiger partial charge on any atom is -0.460 e. The Kier molecular flexibility index (Phi) is 7.29. The molecule has 1 amide bonds. The standard InChI is InChI=1S/C24H26ClNO4/c1-16-5-4-6-18(13-16)15-26-17(2)23(24(28)30-12-11-29-3)21(14-22(26)27)19-7-9-20(25)10-8-19/h4-10,13,21H,11-12,14-15H2,1-3H3. The molecule has 2 aromatic carbocycles. The lowest BCUT2D eigenvalue weighted by molar-refractivity contribution is -0.141. The van der Waals surface area contributed by atoms with E-state index in [-0.39, 0.29) is 24.9 Å². The Labute approximate surface area is 182 Å². The Morgan fingerprint density at radius 2 is 1.87 bits per heavy atom. The van der Waals surface area contributed by atoms with Crippen LogP contribution >= 0.6 is 11.6 Å². The number of halogens is 1. The van der Waals surface area contributed by atoms with Crippen LogP contribution in [0, 0.1) is 6.92 Å². The van der Waals surface area contributed by atoms with Crippen LogP contribution in [-0.2, 0) is 25.6 Å². The monoisotopic (exact) mass is 427 g/mol. The van der Waals surface area contributed by atoms with Crippen molar-refractivity contribution >= 4 is 23.5 Å². The van der Waals surface area contributed by atoms with Gasteiger partial charge in [0, 0.05) is 30.2 Å². The molecule has 0 bridgehead atoms. The van der Waals surface area contributed by atoms with Crippen molar-refractivity contribution in [1.29, 1.82) is 0 Å². The molecule has 2 aromatic rings. The van der Waals surface area contributed by atoms with E-state index in [0.717, 1.165) is 16.7 Å². The molecule has 0 saturated carbocycles. The van der Waals surface area contributed by atoms with Crippen molar-refractivity contribution in [2.45, 2.75) is 32.7 Å². The number of benzene rings is 2. The third-order valence-electron chi connectivity index (χ3n) is 5.26. The van der Waals surface area contributed by atoms with E-state index in [4.69, 9.17) is 21.1 Å². The van der Waals surface area contributed by atoms with Crippen LogP contribution in [-0.4, -0.2) is 37.1 Å². The average molecular weight is 428 g/mol. The third kappa shape index (κ3) is 5.10. The van der Waals surface area contributed by atoms with Crippen molar-refractivity contribution in [1.82, 2.24) is 4.90 Å². The summed E-state index contributed by atoms with van der Waals surface area (Å²) in [5.41, 5.74) is 4.12. The molecule has 0 N–H and O–H groups in total. The lowest BCUT2D eigenvalue weighted by Gasteiger charge is -2.34. The highest BCUT2D eigenvalue weighted by molar-refractivity contribution is 6.30. The highest BCUT2D eigenvalue weighted by Gasteiger charge is 2.36. The Morgan fingerprint density at radius 3 is 2.53 bits per heavy atom. The molecule has 1 unspecified atom stereocenters. The Bertz CT molecular complexity index is 952. The molecule has 0 fully saturated rings. The van der Waals surface area contributed by atoms with Gasteiger partial charge >= 0.3 is 5.97 Å². The number of rotatable bonds is 7. The summed E-state index contributed by atoms with van der Waals surface area (Å²) < 4.78 is 10.4. The van der Waals surface area contributed by atoms with Gasteiger partial charge in [-0.3, -0.25) is 4.79 Å². The first-order valence-electron chi connectivity index (χ1n) is 9.89. The maximum Gasteiger partial charge on any atom is 0.336 e. The van der Waals surface area contributed by atoms with Gasteiger partial charge in [0.15, 0.2) is 0 Å². The molecule has 6 heteroatoms. The highest BCUT2D eigenvalue weighted by atomic mass is 35.5. The maximum absolute atomic E-state index is 13.1. The summed E-state index contributed by atoms with van der Waals surface area (Å²) in [4.78, 5) is 27.7. The number of carbonyl (C=O) groups excluding carboxylic acids is 2. The van der Waals surface area contributed by atoms with Gasteiger partial charge in [-0.15, -0.1) is 0 Å². The van der Waals surface area contributed by atoms with E-state index in [1.807, 2.05) is 50.2 Å². The second kappa shape index (κ2) is 9.92. The van der Waals surface area contributed by atoms with Crippen molar-refractivity contribution in [3.63, 3.8) is 0 Å². The lowest BCUT2D eigenvalue weighted by atomic mass is 9.83. The number of nitrogens with zero attached hydrogens (tertiary/aromatic N) is 1. The van der Waals surface area contributed by atoms with E-state index in [0.29, 0.717) is 29.4 Å². The van der Waals surface area contributed by atoms with Crippen molar-refractivity contribution < 1.29 is 19.1 Å². The van der Waals surface area contributed by atoms with Gasteiger partial charge in [-0.05, 0) is 37.1 Å². The molecule has 0 radical (unpaired) electrons. The molecule has 3 rings (SSSR count). The van der Waals surface area contributed by atoms with Crippen molar-refractivity contribution in [2.75, 3.05) is 20.3 Å². The fourth-order valence-corrected chi connectivity index (χ4v) is 3.86.